The fraction of sp³-hybridized carbons (Fsp3) is 0.333. The predicted octanol–water partition coefficient (Wildman–Crippen LogP) is 3.01. The molecular weight excluding hydrogens is 350 g/mol. The van der Waals surface area contributed by atoms with Gasteiger partial charge in [-0.3, -0.25) is 9.59 Å². The van der Waals surface area contributed by atoms with E-state index in [1.54, 1.807) is 11.0 Å². The summed E-state index contributed by atoms with van der Waals surface area (Å²) >= 11 is 6.70. The highest BCUT2D eigenvalue weighted by Gasteiger charge is 2.37. The molecule has 1 aliphatic rings. The van der Waals surface area contributed by atoms with Crippen molar-refractivity contribution in [2.45, 2.75) is 6.92 Å². The molecular formula is C12H11Br2NO2. The first-order valence-electron chi connectivity index (χ1n) is 5.27. The molecule has 1 heterocycles. The Balaban J connectivity index is 2.42. The average Bonchev–Trinajstić information content (AvgIpc) is 2.55. The first-order chi connectivity index (χ1) is 8.06. The lowest BCUT2D eigenvalue weighted by atomic mass is 10.1. The molecule has 1 aromatic carbocycles. The number of carbonyl (C=O) groups excluding carboxylic acids is 2. The standard InChI is InChI=1S/C12H11Br2NO2/c1-7(5-13)6-15-9-4-2-3-8(14)10(9)11(16)12(15)17/h2-4,7H,5-6H2,1H3. The molecule has 17 heavy (non-hydrogen) atoms. The van der Waals surface area contributed by atoms with E-state index in [0.717, 1.165) is 5.33 Å². The van der Waals surface area contributed by atoms with E-state index in [1.165, 1.54) is 0 Å². The summed E-state index contributed by atoms with van der Waals surface area (Å²) in [5.74, 6) is -0.550. The summed E-state index contributed by atoms with van der Waals surface area (Å²) in [6, 6.07) is 5.42. The predicted molar refractivity (Wildman–Crippen MR) is 73.8 cm³/mol. The maximum absolute atomic E-state index is 11.9. The fourth-order valence-corrected chi connectivity index (χ4v) is 2.58. The van der Waals surface area contributed by atoms with Gasteiger partial charge in [0, 0.05) is 16.3 Å². The van der Waals surface area contributed by atoms with Crippen molar-refractivity contribution < 1.29 is 9.59 Å². The fourth-order valence-electron chi connectivity index (χ4n) is 1.84. The zero-order valence-electron chi connectivity index (χ0n) is 9.24. The SMILES string of the molecule is CC(CBr)CN1C(=O)C(=O)c2c(Br)cccc21. The second-order valence-corrected chi connectivity index (χ2v) is 5.64. The Morgan fingerprint density at radius 3 is 2.71 bits per heavy atom. The highest BCUT2D eigenvalue weighted by molar-refractivity contribution is 9.10. The van der Waals surface area contributed by atoms with Crippen LogP contribution in [0.2, 0.25) is 0 Å². The maximum Gasteiger partial charge on any atom is 0.299 e. The maximum atomic E-state index is 11.9. The number of carbonyl (C=O) groups is 2. The van der Waals surface area contributed by atoms with Crippen molar-refractivity contribution in [2.24, 2.45) is 5.92 Å². The number of amides is 1. The normalized spacial score (nSPS) is 16.3. The van der Waals surface area contributed by atoms with Gasteiger partial charge in [-0.05, 0) is 34.0 Å². The summed E-state index contributed by atoms with van der Waals surface area (Å²) in [5, 5.41) is 0.800. The lowest BCUT2D eigenvalue weighted by Gasteiger charge is -2.19. The Hall–Kier alpha value is -0.680. The molecule has 2 rings (SSSR count). The third-order valence-corrected chi connectivity index (χ3v) is 4.47. The average molecular weight is 361 g/mol. The first kappa shape index (κ1) is 12.8. The molecule has 1 unspecified atom stereocenters. The van der Waals surface area contributed by atoms with E-state index in [2.05, 4.69) is 31.9 Å². The number of alkyl halides is 1. The van der Waals surface area contributed by atoms with Crippen LogP contribution in [0.15, 0.2) is 22.7 Å². The van der Waals surface area contributed by atoms with Crippen molar-refractivity contribution in [3.05, 3.63) is 28.2 Å². The molecule has 0 bridgehead atoms. The van der Waals surface area contributed by atoms with Gasteiger partial charge in [-0.2, -0.15) is 0 Å². The molecule has 90 valence electrons. The van der Waals surface area contributed by atoms with E-state index in [0.29, 0.717) is 28.2 Å². The van der Waals surface area contributed by atoms with Gasteiger partial charge in [-0.15, -0.1) is 0 Å². The van der Waals surface area contributed by atoms with Crippen molar-refractivity contribution in [1.29, 1.82) is 0 Å². The van der Waals surface area contributed by atoms with Crippen molar-refractivity contribution in [3.63, 3.8) is 0 Å². The quantitative estimate of drug-likeness (QED) is 0.613. The van der Waals surface area contributed by atoms with Gasteiger partial charge in [-0.25, -0.2) is 0 Å². The molecule has 0 spiro atoms. The van der Waals surface area contributed by atoms with Crippen LogP contribution in [0.3, 0.4) is 0 Å². The van der Waals surface area contributed by atoms with Gasteiger partial charge in [0.2, 0.25) is 0 Å². The zero-order valence-corrected chi connectivity index (χ0v) is 12.4. The highest BCUT2D eigenvalue weighted by Crippen LogP contribution is 2.34. The molecule has 0 N–H and O–H groups in total. The summed E-state index contributed by atoms with van der Waals surface area (Å²) < 4.78 is 0.683. The lowest BCUT2D eigenvalue weighted by Crippen LogP contribution is -2.34. The van der Waals surface area contributed by atoms with E-state index in [9.17, 15) is 9.59 Å². The molecule has 1 aliphatic heterocycles. The molecule has 0 fully saturated rings. The van der Waals surface area contributed by atoms with Gasteiger partial charge in [0.25, 0.3) is 11.7 Å². The van der Waals surface area contributed by atoms with Crippen molar-refractivity contribution in [2.75, 3.05) is 16.8 Å². The smallest absolute Gasteiger partial charge is 0.299 e. The topological polar surface area (TPSA) is 37.4 Å². The van der Waals surface area contributed by atoms with Crippen LogP contribution in [0.1, 0.15) is 17.3 Å². The Kier molecular flexibility index (Phi) is 3.68. The molecule has 0 saturated carbocycles. The second kappa shape index (κ2) is 4.90. The molecule has 0 saturated heterocycles. The Bertz CT molecular complexity index is 487. The van der Waals surface area contributed by atoms with E-state index >= 15 is 0 Å². The molecule has 1 aromatic rings. The summed E-state index contributed by atoms with van der Waals surface area (Å²) in [6.45, 7) is 2.59. The number of benzene rings is 1. The zero-order chi connectivity index (χ0) is 12.6. The monoisotopic (exact) mass is 359 g/mol. The number of anilines is 1. The van der Waals surface area contributed by atoms with Gasteiger partial charge < -0.3 is 4.90 Å². The number of hydrogen-bond acceptors (Lipinski definition) is 2. The number of hydrogen-bond donors (Lipinski definition) is 0. The van der Waals surface area contributed by atoms with Crippen LogP contribution in [0, 0.1) is 5.92 Å². The van der Waals surface area contributed by atoms with Crippen LogP contribution in [0.5, 0.6) is 0 Å². The summed E-state index contributed by atoms with van der Waals surface area (Å²) in [7, 11) is 0. The summed E-state index contributed by atoms with van der Waals surface area (Å²) in [4.78, 5) is 25.3. The third kappa shape index (κ3) is 2.18. The molecule has 3 nitrogen and oxygen atoms in total. The molecule has 0 radical (unpaired) electrons. The van der Waals surface area contributed by atoms with Crippen LogP contribution in [0.4, 0.5) is 5.69 Å². The first-order valence-corrected chi connectivity index (χ1v) is 7.18. The number of Topliss-reactive ketones (excluding diaryl/α,β-unsaturated/α-hetero) is 1. The Morgan fingerprint density at radius 1 is 1.35 bits per heavy atom. The van der Waals surface area contributed by atoms with Crippen LogP contribution >= 0.6 is 31.9 Å². The minimum Gasteiger partial charge on any atom is -0.304 e. The highest BCUT2D eigenvalue weighted by atomic mass is 79.9. The number of halogens is 2. The number of nitrogens with zero attached hydrogens (tertiary/aromatic N) is 1. The van der Waals surface area contributed by atoms with Crippen molar-refractivity contribution >= 4 is 49.2 Å². The van der Waals surface area contributed by atoms with Gasteiger partial charge in [0.15, 0.2) is 0 Å². The van der Waals surface area contributed by atoms with Crippen LogP contribution in [-0.4, -0.2) is 23.6 Å². The van der Waals surface area contributed by atoms with Crippen molar-refractivity contribution in [3.8, 4) is 0 Å². The van der Waals surface area contributed by atoms with Crippen LogP contribution < -0.4 is 4.90 Å². The Labute approximate surface area is 116 Å². The van der Waals surface area contributed by atoms with Gasteiger partial charge in [0.1, 0.15) is 0 Å². The molecule has 1 atom stereocenters. The molecule has 1 amide bonds. The lowest BCUT2D eigenvalue weighted by molar-refractivity contribution is -0.114. The van der Waals surface area contributed by atoms with Gasteiger partial charge >= 0.3 is 0 Å². The second-order valence-electron chi connectivity index (χ2n) is 4.14. The molecule has 0 aliphatic carbocycles. The largest absolute Gasteiger partial charge is 0.304 e. The van der Waals surface area contributed by atoms with E-state index in [1.807, 2.05) is 19.1 Å². The van der Waals surface area contributed by atoms with Crippen LogP contribution in [-0.2, 0) is 4.79 Å². The molecule has 5 heteroatoms. The van der Waals surface area contributed by atoms with E-state index in [-0.39, 0.29) is 0 Å². The third-order valence-electron chi connectivity index (χ3n) is 2.71. The van der Waals surface area contributed by atoms with E-state index < -0.39 is 11.7 Å². The number of ketones is 1. The van der Waals surface area contributed by atoms with Crippen molar-refractivity contribution in [1.82, 2.24) is 0 Å². The van der Waals surface area contributed by atoms with Crippen LogP contribution in [0.25, 0.3) is 0 Å². The molecule has 0 aromatic heterocycles. The number of rotatable bonds is 3. The van der Waals surface area contributed by atoms with E-state index in [4.69, 9.17) is 0 Å². The van der Waals surface area contributed by atoms with Gasteiger partial charge in [-0.1, -0.05) is 28.9 Å². The number of fused-ring (bicyclic) bond motifs is 1. The summed E-state index contributed by atoms with van der Waals surface area (Å²) in [6.07, 6.45) is 0. The Morgan fingerprint density at radius 2 is 2.06 bits per heavy atom. The summed E-state index contributed by atoms with van der Waals surface area (Å²) in [5.41, 5.74) is 1.20. The minimum absolute atomic E-state index is 0.302. The minimum atomic E-state index is -0.431. The van der Waals surface area contributed by atoms with Gasteiger partial charge in [0.05, 0.1) is 11.3 Å².